The molecule has 5 heterocycles. The van der Waals surface area contributed by atoms with E-state index in [4.69, 9.17) is 4.42 Å². The summed E-state index contributed by atoms with van der Waals surface area (Å²) in [6.45, 7) is 19.1. The van der Waals surface area contributed by atoms with Crippen LogP contribution < -0.4 is 31.1 Å². The van der Waals surface area contributed by atoms with Crippen LogP contribution in [-0.2, 0) is 10.8 Å². The molecule has 1 fully saturated rings. The van der Waals surface area contributed by atoms with Crippen LogP contribution in [0.5, 0.6) is 0 Å². The molecule has 4 nitrogen and oxygen atoms in total. The molecule has 0 amide bonds. The predicted molar refractivity (Wildman–Crippen MR) is 296 cm³/mol. The smallest absolute Gasteiger partial charge is 0.252 e. The lowest BCUT2D eigenvalue weighted by Gasteiger charge is -2.51. The number of benzene rings is 8. The Morgan fingerprint density at radius 2 is 1.25 bits per heavy atom. The van der Waals surface area contributed by atoms with Gasteiger partial charge in [-0.25, -0.2) is 0 Å². The zero-order chi connectivity index (χ0) is 46.9. The zero-order valence-corrected chi connectivity index (χ0v) is 41.7. The van der Waals surface area contributed by atoms with Gasteiger partial charge in [0.05, 0.1) is 16.9 Å². The molecule has 0 saturated heterocycles. The molecule has 4 aliphatic rings. The van der Waals surface area contributed by atoms with E-state index >= 15 is 0 Å². The monoisotopic (exact) mass is 913 g/mol. The SMILES string of the molecule is Cc1cc2c3c(c1)N(c1cccc4sc5ccccc5c14)c1ccc(C(C)(C)C)cc1B3c1ccc(N3c4cc(C)cc(C)c4C4(C)CCCCC34C)cc1N2c1cccc2c1oc1ccccc12. The average molecular weight is 914 g/mol. The van der Waals surface area contributed by atoms with Crippen molar-refractivity contribution in [2.75, 3.05) is 14.7 Å². The minimum atomic E-state index is -0.0906. The quantitative estimate of drug-likeness (QED) is 0.165. The molecule has 338 valence electrons. The van der Waals surface area contributed by atoms with Gasteiger partial charge in [0.2, 0.25) is 0 Å². The third kappa shape index (κ3) is 5.53. The molecule has 6 heteroatoms. The lowest BCUT2D eigenvalue weighted by Crippen LogP contribution is -2.61. The van der Waals surface area contributed by atoms with Gasteiger partial charge in [-0.2, -0.15) is 0 Å². The van der Waals surface area contributed by atoms with Crippen LogP contribution in [-0.4, -0.2) is 12.3 Å². The van der Waals surface area contributed by atoms with Gasteiger partial charge in [-0.1, -0.05) is 119 Å². The maximum atomic E-state index is 7.02. The van der Waals surface area contributed by atoms with Crippen molar-refractivity contribution >= 4 is 122 Å². The highest BCUT2D eigenvalue weighted by Gasteiger charge is 2.58. The molecule has 0 radical (unpaired) electrons. The first-order valence-electron chi connectivity index (χ1n) is 25.1. The Kier molecular flexibility index (Phi) is 8.47. The number of hydrogen-bond acceptors (Lipinski definition) is 5. The van der Waals surface area contributed by atoms with E-state index in [0.29, 0.717) is 0 Å². The van der Waals surface area contributed by atoms with Crippen LogP contribution >= 0.6 is 11.3 Å². The minimum Gasteiger partial charge on any atom is -0.454 e. The number of aryl methyl sites for hydroxylation is 3. The Balaban J connectivity index is 1.10. The number of rotatable bonds is 3. The van der Waals surface area contributed by atoms with Crippen molar-refractivity contribution in [1.29, 1.82) is 0 Å². The summed E-state index contributed by atoms with van der Waals surface area (Å²) in [5.41, 5.74) is 22.3. The highest BCUT2D eigenvalue weighted by atomic mass is 32.1. The van der Waals surface area contributed by atoms with Gasteiger partial charge in [0.25, 0.3) is 6.71 Å². The summed E-state index contributed by atoms with van der Waals surface area (Å²) in [5, 5.41) is 4.88. The van der Waals surface area contributed by atoms with Crippen LogP contribution in [0.25, 0.3) is 42.1 Å². The predicted octanol–water partition coefficient (Wildman–Crippen LogP) is 16.0. The molecule has 2 aromatic heterocycles. The highest BCUT2D eigenvalue weighted by molar-refractivity contribution is 7.26. The number of hydrogen-bond donors (Lipinski definition) is 0. The zero-order valence-electron chi connectivity index (χ0n) is 40.9. The van der Waals surface area contributed by atoms with Gasteiger partial charge in [0, 0.05) is 70.5 Å². The fourth-order valence-electron chi connectivity index (χ4n) is 13.9. The third-order valence-electron chi connectivity index (χ3n) is 17.1. The average Bonchev–Trinajstić information content (AvgIpc) is 3.97. The van der Waals surface area contributed by atoms with Crippen molar-refractivity contribution < 1.29 is 4.42 Å². The van der Waals surface area contributed by atoms with Gasteiger partial charge in [0.15, 0.2) is 5.58 Å². The van der Waals surface area contributed by atoms with Crippen LogP contribution in [0.3, 0.4) is 0 Å². The van der Waals surface area contributed by atoms with E-state index in [0.717, 1.165) is 34.0 Å². The number of nitrogens with zero attached hydrogens (tertiary/aromatic N) is 3. The molecule has 1 aliphatic carbocycles. The maximum Gasteiger partial charge on any atom is 0.252 e. The summed E-state index contributed by atoms with van der Waals surface area (Å²) in [6, 6.07) is 55.8. The van der Waals surface area contributed by atoms with Crippen LogP contribution in [0.4, 0.5) is 45.5 Å². The molecule has 2 unspecified atom stereocenters. The summed E-state index contributed by atoms with van der Waals surface area (Å²) in [7, 11) is 0. The van der Waals surface area contributed by atoms with Crippen molar-refractivity contribution in [3.05, 3.63) is 173 Å². The summed E-state index contributed by atoms with van der Waals surface area (Å²) in [4.78, 5) is 7.98. The fraction of sp³-hybridized carbons (Fsp3) is 0.238. The van der Waals surface area contributed by atoms with E-state index in [-0.39, 0.29) is 23.1 Å². The van der Waals surface area contributed by atoms with E-state index in [9.17, 15) is 0 Å². The van der Waals surface area contributed by atoms with Crippen LogP contribution in [0.2, 0.25) is 0 Å². The molecular weight excluding hydrogens is 858 g/mol. The first kappa shape index (κ1) is 41.2. The van der Waals surface area contributed by atoms with Gasteiger partial charge >= 0.3 is 0 Å². The molecular formula is C63H56BN3OS. The Bertz CT molecular complexity index is 3850. The lowest BCUT2D eigenvalue weighted by molar-refractivity contribution is 0.194. The van der Waals surface area contributed by atoms with Gasteiger partial charge in [-0.05, 0) is 157 Å². The largest absolute Gasteiger partial charge is 0.454 e. The van der Waals surface area contributed by atoms with Crippen LogP contribution in [0.1, 0.15) is 88.1 Å². The highest BCUT2D eigenvalue weighted by Crippen LogP contribution is 2.62. The molecule has 69 heavy (non-hydrogen) atoms. The molecule has 0 spiro atoms. The Morgan fingerprint density at radius 3 is 2.07 bits per heavy atom. The minimum absolute atomic E-state index is 0.0244. The third-order valence-corrected chi connectivity index (χ3v) is 18.2. The Hall–Kier alpha value is -6.76. The van der Waals surface area contributed by atoms with Crippen molar-refractivity contribution in [2.24, 2.45) is 0 Å². The molecule has 3 aliphatic heterocycles. The van der Waals surface area contributed by atoms with E-state index in [1.54, 1.807) is 0 Å². The van der Waals surface area contributed by atoms with Crippen molar-refractivity contribution in [3.63, 3.8) is 0 Å². The number of thiophene rings is 1. The van der Waals surface area contributed by atoms with Gasteiger partial charge < -0.3 is 19.1 Å². The lowest BCUT2D eigenvalue weighted by atomic mass is 9.33. The number of fused-ring (bicyclic) bond motifs is 13. The van der Waals surface area contributed by atoms with E-state index in [1.165, 1.54) is 123 Å². The van der Waals surface area contributed by atoms with Crippen LogP contribution in [0, 0.1) is 20.8 Å². The van der Waals surface area contributed by atoms with Crippen molar-refractivity contribution in [1.82, 2.24) is 0 Å². The standard InChI is InChI=1S/C63H56BN3OS/c1-37-31-39(3)58-51(32-37)67(63(8)30-14-13-29-62(58,63)7)41-26-27-45-50(36-41)66(49-21-15-19-43-42-17-9-11-22-54(42)68-60(43)49)53-34-38(2)33-52-59(53)64(45)46-35-40(61(4,5)6)25-28-47(46)65(52)48-20-16-24-56-57(48)44-18-10-12-23-55(44)69-56/h9-12,15-28,31-36H,13-14,29-30H2,1-8H3. The van der Waals surface area contributed by atoms with Crippen LogP contribution in [0.15, 0.2) is 150 Å². The topological polar surface area (TPSA) is 22.9 Å². The summed E-state index contributed by atoms with van der Waals surface area (Å²) in [5.74, 6) is 0. The molecule has 0 bridgehead atoms. The maximum absolute atomic E-state index is 7.02. The number of furan rings is 1. The number of para-hydroxylation sites is 2. The fourth-order valence-corrected chi connectivity index (χ4v) is 15.0. The Labute approximate surface area is 409 Å². The van der Waals surface area contributed by atoms with E-state index in [2.05, 4.69) is 216 Å². The van der Waals surface area contributed by atoms with Gasteiger partial charge in [-0.3, -0.25) is 0 Å². The Morgan fingerprint density at radius 1 is 0.565 bits per heavy atom. The molecule has 14 rings (SSSR count). The second-order valence-electron chi connectivity index (χ2n) is 22.2. The second kappa shape index (κ2) is 14.2. The summed E-state index contributed by atoms with van der Waals surface area (Å²) < 4.78 is 9.63. The number of anilines is 8. The second-order valence-corrected chi connectivity index (χ2v) is 23.3. The summed E-state index contributed by atoms with van der Waals surface area (Å²) in [6.07, 6.45) is 4.83. The molecule has 0 N–H and O–H groups in total. The first-order chi connectivity index (χ1) is 33.3. The summed E-state index contributed by atoms with van der Waals surface area (Å²) >= 11 is 1.89. The normalized spacial score (nSPS) is 19.4. The van der Waals surface area contributed by atoms with Crippen molar-refractivity contribution in [2.45, 2.75) is 97.4 Å². The first-order valence-corrected chi connectivity index (χ1v) is 25.9. The van der Waals surface area contributed by atoms with Gasteiger partial charge in [-0.15, -0.1) is 11.3 Å². The molecule has 1 saturated carbocycles. The van der Waals surface area contributed by atoms with Crippen molar-refractivity contribution in [3.8, 4) is 0 Å². The molecule has 10 aromatic rings. The van der Waals surface area contributed by atoms with E-state index < -0.39 is 0 Å². The van der Waals surface area contributed by atoms with Gasteiger partial charge in [0.1, 0.15) is 5.58 Å². The molecule has 2 atom stereocenters. The molecule has 8 aromatic carbocycles. The van der Waals surface area contributed by atoms with E-state index in [1.807, 2.05) is 11.3 Å².